The van der Waals surface area contributed by atoms with Crippen molar-refractivity contribution >= 4 is 17.7 Å². The molecule has 0 amide bonds. The molecule has 0 aliphatic heterocycles. The van der Waals surface area contributed by atoms with Gasteiger partial charge in [-0.2, -0.15) is 0 Å². The topological polar surface area (TPSA) is 57.7 Å². The van der Waals surface area contributed by atoms with Crippen molar-refractivity contribution in [2.24, 2.45) is 0 Å². The molecule has 0 N–H and O–H groups in total. The summed E-state index contributed by atoms with van der Waals surface area (Å²) in [7, 11) is 1.34. The summed E-state index contributed by atoms with van der Waals surface area (Å²) in [6, 6.07) is 19.8. The summed E-state index contributed by atoms with van der Waals surface area (Å²) in [4.78, 5) is 16.6. The van der Waals surface area contributed by atoms with E-state index in [0.29, 0.717) is 12.4 Å². The van der Waals surface area contributed by atoms with Crippen LogP contribution in [0.2, 0.25) is 0 Å². The van der Waals surface area contributed by atoms with Gasteiger partial charge in [0.15, 0.2) is 6.61 Å². The highest BCUT2D eigenvalue weighted by Crippen LogP contribution is 2.28. The molecule has 0 unspecified atom stereocenters. The summed E-state index contributed by atoms with van der Waals surface area (Å²) in [5.41, 5.74) is 3.10. The number of hydrogen-bond donors (Lipinski definition) is 0. The van der Waals surface area contributed by atoms with E-state index in [1.54, 1.807) is 18.0 Å². The van der Waals surface area contributed by atoms with E-state index in [1.807, 2.05) is 49.4 Å². The molecule has 0 aliphatic carbocycles. The van der Waals surface area contributed by atoms with Crippen molar-refractivity contribution in [3.05, 3.63) is 83.7 Å². The lowest BCUT2D eigenvalue weighted by Gasteiger charge is -2.10. The third-order valence-corrected chi connectivity index (χ3v) is 5.23. The summed E-state index contributed by atoms with van der Waals surface area (Å²) in [5, 5.41) is 0. The molecule has 0 aliphatic rings. The van der Waals surface area contributed by atoms with Gasteiger partial charge in [-0.05, 0) is 60.5 Å². The summed E-state index contributed by atoms with van der Waals surface area (Å²) in [5.74, 6) is 1.97. The van der Waals surface area contributed by atoms with Crippen molar-refractivity contribution in [3.63, 3.8) is 0 Å². The predicted molar refractivity (Wildman–Crippen MR) is 113 cm³/mol. The minimum absolute atomic E-state index is 0.0847. The summed E-state index contributed by atoms with van der Waals surface area (Å²) in [6.45, 7) is 2.33. The summed E-state index contributed by atoms with van der Waals surface area (Å²) < 4.78 is 15.8. The molecule has 3 aromatic rings. The minimum atomic E-state index is -0.393. The van der Waals surface area contributed by atoms with Gasteiger partial charge in [0.1, 0.15) is 18.1 Å². The third-order valence-electron chi connectivity index (χ3n) is 4.16. The van der Waals surface area contributed by atoms with Crippen molar-refractivity contribution in [2.75, 3.05) is 13.7 Å². The molecule has 6 heteroatoms. The molecule has 0 bridgehead atoms. The van der Waals surface area contributed by atoms with Gasteiger partial charge in [-0.15, -0.1) is 11.8 Å². The number of pyridine rings is 1. The van der Waals surface area contributed by atoms with Crippen LogP contribution in [0.4, 0.5) is 0 Å². The number of ether oxygens (including phenoxy) is 3. The predicted octanol–water partition coefficient (Wildman–Crippen LogP) is 4.81. The number of hydrogen-bond acceptors (Lipinski definition) is 6. The summed E-state index contributed by atoms with van der Waals surface area (Å²) >= 11 is 1.74. The first kappa shape index (κ1) is 20.7. The van der Waals surface area contributed by atoms with Gasteiger partial charge in [0.2, 0.25) is 0 Å². The van der Waals surface area contributed by atoms with Crippen LogP contribution in [0, 0.1) is 6.92 Å². The van der Waals surface area contributed by atoms with Gasteiger partial charge < -0.3 is 14.2 Å². The third kappa shape index (κ3) is 6.54. The zero-order valence-corrected chi connectivity index (χ0v) is 17.3. The van der Waals surface area contributed by atoms with Crippen LogP contribution in [0.25, 0.3) is 0 Å². The van der Waals surface area contributed by atoms with Crippen LogP contribution in [0.15, 0.2) is 71.8 Å². The van der Waals surface area contributed by atoms with Crippen LogP contribution < -0.4 is 9.47 Å². The first-order chi connectivity index (χ1) is 14.1. The number of aryl methyl sites for hydroxylation is 1. The minimum Gasteiger partial charge on any atom is -0.487 e. The maximum Gasteiger partial charge on any atom is 0.343 e. The van der Waals surface area contributed by atoms with Crippen molar-refractivity contribution in [1.29, 1.82) is 0 Å². The first-order valence-corrected chi connectivity index (χ1v) is 10.2. The van der Waals surface area contributed by atoms with E-state index in [1.165, 1.54) is 12.7 Å². The summed E-state index contributed by atoms with van der Waals surface area (Å²) in [6.07, 6.45) is 1.76. The lowest BCUT2D eigenvalue weighted by molar-refractivity contribution is -0.142. The fourth-order valence-corrected chi connectivity index (χ4v) is 3.51. The van der Waals surface area contributed by atoms with Gasteiger partial charge >= 0.3 is 5.97 Å². The number of methoxy groups -OCH3 is 1. The zero-order valence-electron chi connectivity index (χ0n) is 16.5. The molecule has 150 valence electrons. The quantitative estimate of drug-likeness (QED) is 0.373. The van der Waals surface area contributed by atoms with Gasteiger partial charge in [-0.25, -0.2) is 4.79 Å². The fourth-order valence-electron chi connectivity index (χ4n) is 2.56. The first-order valence-electron chi connectivity index (χ1n) is 9.19. The molecule has 0 spiro atoms. The Labute approximate surface area is 175 Å². The van der Waals surface area contributed by atoms with Crippen molar-refractivity contribution in [2.45, 2.75) is 24.2 Å². The molecule has 0 saturated carbocycles. The number of esters is 1. The average molecular weight is 410 g/mol. The average Bonchev–Trinajstić information content (AvgIpc) is 2.76. The Balaban J connectivity index is 1.49. The smallest absolute Gasteiger partial charge is 0.343 e. The maximum absolute atomic E-state index is 11.2. The molecule has 0 fully saturated rings. The fraction of sp³-hybridized carbons (Fsp3) is 0.217. The van der Waals surface area contributed by atoms with E-state index in [2.05, 4.69) is 27.9 Å². The van der Waals surface area contributed by atoms with Crippen molar-refractivity contribution in [3.8, 4) is 11.5 Å². The molecule has 5 nitrogen and oxygen atoms in total. The van der Waals surface area contributed by atoms with E-state index < -0.39 is 5.97 Å². The lowest BCUT2D eigenvalue weighted by Crippen LogP contribution is -2.12. The maximum atomic E-state index is 11.2. The van der Waals surface area contributed by atoms with Crippen LogP contribution >= 0.6 is 11.8 Å². The molecule has 0 atom stereocenters. The van der Waals surface area contributed by atoms with Crippen LogP contribution in [0.3, 0.4) is 0 Å². The number of nitrogens with zero attached hydrogens (tertiary/aromatic N) is 1. The highest BCUT2D eigenvalue weighted by Gasteiger charge is 2.06. The van der Waals surface area contributed by atoms with Crippen LogP contribution in [-0.2, 0) is 21.9 Å². The normalized spacial score (nSPS) is 10.4. The zero-order chi connectivity index (χ0) is 20.5. The van der Waals surface area contributed by atoms with Gasteiger partial charge in [0, 0.05) is 16.8 Å². The molecule has 29 heavy (non-hydrogen) atoms. The highest BCUT2D eigenvalue weighted by atomic mass is 32.2. The molecule has 1 aromatic heterocycles. The Kier molecular flexibility index (Phi) is 7.53. The monoisotopic (exact) mass is 409 g/mol. The van der Waals surface area contributed by atoms with Crippen LogP contribution in [-0.4, -0.2) is 24.7 Å². The van der Waals surface area contributed by atoms with E-state index in [-0.39, 0.29) is 6.61 Å². The van der Waals surface area contributed by atoms with E-state index in [4.69, 9.17) is 9.47 Å². The molecule has 2 aromatic carbocycles. The van der Waals surface area contributed by atoms with Gasteiger partial charge in [-0.3, -0.25) is 4.98 Å². The molecule has 3 rings (SSSR count). The second-order valence-corrected chi connectivity index (χ2v) is 7.38. The second kappa shape index (κ2) is 10.5. The second-order valence-electron chi connectivity index (χ2n) is 6.33. The number of aromatic nitrogens is 1. The molecule has 0 radical (unpaired) electrons. The largest absolute Gasteiger partial charge is 0.487 e. The van der Waals surface area contributed by atoms with Gasteiger partial charge in [-0.1, -0.05) is 18.2 Å². The van der Waals surface area contributed by atoms with Crippen LogP contribution in [0.1, 0.15) is 16.8 Å². The lowest BCUT2D eigenvalue weighted by atomic mass is 10.2. The van der Waals surface area contributed by atoms with Crippen LogP contribution in [0.5, 0.6) is 11.5 Å². The molecule has 0 saturated heterocycles. The Morgan fingerprint density at radius 1 is 1.03 bits per heavy atom. The number of thioether (sulfide) groups is 1. The Morgan fingerprint density at radius 3 is 2.55 bits per heavy atom. The Morgan fingerprint density at radius 2 is 1.86 bits per heavy atom. The van der Waals surface area contributed by atoms with E-state index in [9.17, 15) is 4.79 Å². The number of carbonyl (C=O) groups excluding carboxylic acids is 1. The number of rotatable bonds is 9. The highest BCUT2D eigenvalue weighted by molar-refractivity contribution is 7.98. The Bertz CT molecular complexity index is 929. The SMILES string of the molecule is COC(=O)COc1ccc(SCc2ccc(OCc3ccccn3)cc2)cc1C. The van der Waals surface area contributed by atoms with Gasteiger partial charge in [0.25, 0.3) is 0 Å². The molecular weight excluding hydrogens is 386 g/mol. The van der Waals surface area contributed by atoms with E-state index in [0.717, 1.165) is 27.7 Å². The number of benzene rings is 2. The van der Waals surface area contributed by atoms with Crippen molar-refractivity contribution < 1.29 is 19.0 Å². The van der Waals surface area contributed by atoms with E-state index >= 15 is 0 Å². The Hall–Kier alpha value is -2.99. The van der Waals surface area contributed by atoms with Crippen molar-refractivity contribution in [1.82, 2.24) is 4.98 Å². The molecule has 1 heterocycles. The standard InChI is InChI=1S/C23H23NO4S/c1-17-13-21(10-11-22(17)28-15-23(25)26-2)29-16-18-6-8-20(9-7-18)27-14-19-5-3-4-12-24-19/h3-13H,14-16H2,1-2H3. The van der Waals surface area contributed by atoms with Gasteiger partial charge in [0.05, 0.1) is 12.8 Å². The molecular formula is C23H23NO4S. The number of carbonyl (C=O) groups is 1.